The van der Waals surface area contributed by atoms with E-state index in [1.165, 1.54) is 12.1 Å². The lowest BCUT2D eigenvalue weighted by molar-refractivity contribution is 0.475. The molecule has 6 nitrogen and oxygen atoms in total. The van der Waals surface area contributed by atoms with Crippen LogP contribution in [0.1, 0.15) is 11.3 Å². The normalized spacial score (nSPS) is 11.1. The smallest absolute Gasteiger partial charge is 0.175 e. The van der Waals surface area contributed by atoms with Gasteiger partial charge in [-0.2, -0.15) is 9.64 Å². The van der Waals surface area contributed by atoms with Crippen molar-refractivity contribution in [3.63, 3.8) is 0 Å². The Balaban J connectivity index is 2.02. The molecular formula is C14H8ClN5OS. The van der Waals surface area contributed by atoms with Crippen LogP contribution in [-0.2, 0) is 0 Å². The zero-order valence-electron chi connectivity index (χ0n) is 11.3. The van der Waals surface area contributed by atoms with Gasteiger partial charge in [0.25, 0.3) is 0 Å². The average molecular weight is 330 g/mol. The zero-order valence-corrected chi connectivity index (χ0v) is 12.9. The lowest BCUT2D eigenvalue weighted by Gasteiger charge is -1.97. The van der Waals surface area contributed by atoms with Crippen molar-refractivity contribution in [1.29, 1.82) is 5.26 Å². The molecule has 0 saturated carbocycles. The summed E-state index contributed by atoms with van der Waals surface area (Å²) in [6.07, 6.45) is 0. The van der Waals surface area contributed by atoms with Crippen molar-refractivity contribution in [3.8, 4) is 11.8 Å². The Morgan fingerprint density at radius 2 is 2.14 bits per heavy atom. The van der Waals surface area contributed by atoms with E-state index >= 15 is 0 Å². The number of fused-ring (bicyclic) bond motifs is 1. The summed E-state index contributed by atoms with van der Waals surface area (Å²) in [7, 11) is 0. The Kier molecular flexibility index (Phi) is 3.71. The Morgan fingerprint density at radius 3 is 2.86 bits per heavy atom. The third kappa shape index (κ3) is 2.62. The van der Waals surface area contributed by atoms with Gasteiger partial charge in [0.2, 0.25) is 0 Å². The van der Waals surface area contributed by atoms with Crippen LogP contribution < -0.4 is 0 Å². The molecule has 8 heteroatoms. The number of phenols is 1. The van der Waals surface area contributed by atoms with Crippen molar-refractivity contribution in [2.75, 3.05) is 0 Å². The number of halogens is 1. The quantitative estimate of drug-likeness (QED) is 0.692. The molecule has 0 unspecified atom stereocenters. The lowest BCUT2D eigenvalue weighted by Crippen LogP contribution is -1.87. The van der Waals surface area contributed by atoms with E-state index in [0.29, 0.717) is 33.0 Å². The van der Waals surface area contributed by atoms with E-state index < -0.39 is 0 Å². The second kappa shape index (κ2) is 5.67. The van der Waals surface area contributed by atoms with Crippen LogP contribution in [0.2, 0.25) is 5.02 Å². The first-order chi connectivity index (χ1) is 10.6. The largest absolute Gasteiger partial charge is 0.506 e. The molecule has 1 N–H and O–H groups in total. The number of nitrogens with zero attached hydrogens (tertiary/aromatic N) is 5. The van der Waals surface area contributed by atoms with Gasteiger partial charge in [0, 0.05) is 0 Å². The van der Waals surface area contributed by atoms with E-state index in [-0.39, 0.29) is 10.8 Å². The van der Waals surface area contributed by atoms with Gasteiger partial charge in [0.1, 0.15) is 11.8 Å². The summed E-state index contributed by atoms with van der Waals surface area (Å²) in [4.78, 5) is 4.27. The fourth-order valence-corrected chi connectivity index (χ4v) is 2.61. The molecule has 2 aromatic heterocycles. The first-order valence-corrected chi connectivity index (χ1v) is 7.31. The van der Waals surface area contributed by atoms with Gasteiger partial charge in [-0.1, -0.05) is 11.6 Å². The Hall–Kier alpha value is -2.56. The number of hydrogen-bond acceptors (Lipinski definition) is 7. The van der Waals surface area contributed by atoms with Gasteiger partial charge in [-0.05, 0) is 42.7 Å². The number of hydrogen-bond donors (Lipinski definition) is 1. The minimum Gasteiger partial charge on any atom is -0.506 e. The first kappa shape index (κ1) is 14.4. The molecule has 0 bridgehead atoms. The summed E-state index contributed by atoms with van der Waals surface area (Å²) in [5, 5.41) is 28.1. The molecule has 0 amide bonds. The van der Waals surface area contributed by atoms with Crippen LogP contribution >= 0.6 is 23.1 Å². The summed E-state index contributed by atoms with van der Waals surface area (Å²) in [6, 6.07) is 8.34. The molecule has 22 heavy (non-hydrogen) atoms. The zero-order chi connectivity index (χ0) is 15.7. The first-order valence-electron chi connectivity index (χ1n) is 6.16. The molecule has 0 spiro atoms. The van der Waals surface area contributed by atoms with E-state index in [4.69, 9.17) is 16.9 Å². The van der Waals surface area contributed by atoms with Gasteiger partial charge in [-0.3, -0.25) is 0 Å². The molecule has 0 aliphatic carbocycles. The number of aromatic hydroxyl groups is 1. The Labute approximate surface area is 134 Å². The molecule has 0 atom stereocenters. The SMILES string of the molecule is Cc1nc2nsc(N=Nc3ccc(O)c(Cl)c3)c2cc1C#N. The topological polar surface area (TPSA) is 94.5 Å². The third-order valence-electron chi connectivity index (χ3n) is 2.95. The van der Waals surface area contributed by atoms with Crippen LogP contribution in [0.15, 0.2) is 34.5 Å². The predicted octanol–water partition coefficient (Wildman–Crippen LogP) is 4.65. The fraction of sp³-hybridized carbons (Fsp3) is 0.0714. The van der Waals surface area contributed by atoms with E-state index in [1.54, 1.807) is 19.1 Å². The minimum atomic E-state index is -0.0119. The highest BCUT2D eigenvalue weighted by molar-refractivity contribution is 7.11. The van der Waals surface area contributed by atoms with Crippen LogP contribution in [0.4, 0.5) is 10.7 Å². The predicted molar refractivity (Wildman–Crippen MR) is 84.2 cm³/mol. The number of rotatable bonds is 2. The van der Waals surface area contributed by atoms with Gasteiger partial charge < -0.3 is 5.11 Å². The molecular weight excluding hydrogens is 322 g/mol. The van der Waals surface area contributed by atoms with Crippen LogP contribution in [0, 0.1) is 18.3 Å². The van der Waals surface area contributed by atoms with Gasteiger partial charge in [-0.15, -0.1) is 10.2 Å². The number of pyridine rings is 1. The monoisotopic (exact) mass is 329 g/mol. The number of benzene rings is 1. The number of aryl methyl sites for hydroxylation is 1. The van der Waals surface area contributed by atoms with Crippen LogP contribution in [-0.4, -0.2) is 14.5 Å². The second-order valence-electron chi connectivity index (χ2n) is 4.43. The maximum atomic E-state index is 9.37. The van der Waals surface area contributed by atoms with Crippen LogP contribution in [0.3, 0.4) is 0 Å². The minimum absolute atomic E-state index is 0.0119. The molecule has 0 aliphatic rings. The van der Waals surface area contributed by atoms with Crippen molar-refractivity contribution in [2.24, 2.45) is 10.2 Å². The molecule has 0 radical (unpaired) electrons. The Morgan fingerprint density at radius 1 is 1.32 bits per heavy atom. The van der Waals surface area contributed by atoms with Crippen molar-refractivity contribution in [3.05, 3.63) is 40.5 Å². The second-order valence-corrected chi connectivity index (χ2v) is 5.59. The van der Waals surface area contributed by atoms with E-state index in [9.17, 15) is 5.11 Å². The van der Waals surface area contributed by atoms with E-state index in [1.807, 2.05) is 0 Å². The molecule has 1 aromatic carbocycles. The van der Waals surface area contributed by atoms with Crippen LogP contribution in [0.25, 0.3) is 11.0 Å². The van der Waals surface area contributed by atoms with E-state index in [2.05, 4.69) is 25.7 Å². The maximum absolute atomic E-state index is 9.37. The fourth-order valence-electron chi connectivity index (χ4n) is 1.80. The summed E-state index contributed by atoms with van der Waals surface area (Å²) < 4.78 is 4.20. The van der Waals surface area contributed by atoms with Gasteiger partial charge in [0.15, 0.2) is 10.6 Å². The summed E-state index contributed by atoms with van der Waals surface area (Å²) in [5.41, 5.74) is 2.16. The number of azo groups is 1. The molecule has 3 rings (SSSR count). The van der Waals surface area contributed by atoms with Gasteiger partial charge in [-0.25, -0.2) is 4.98 Å². The molecule has 3 aromatic rings. The number of aromatic nitrogens is 2. The summed E-state index contributed by atoms with van der Waals surface area (Å²) >= 11 is 6.97. The van der Waals surface area contributed by atoms with Crippen LogP contribution in [0.5, 0.6) is 5.75 Å². The number of nitriles is 1. The summed E-state index contributed by atoms with van der Waals surface area (Å²) in [6.45, 7) is 1.76. The maximum Gasteiger partial charge on any atom is 0.175 e. The highest BCUT2D eigenvalue weighted by Crippen LogP contribution is 2.33. The Bertz CT molecular complexity index is 944. The van der Waals surface area contributed by atoms with Crippen molar-refractivity contribution >= 4 is 44.9 Å². The van der Waals surface area contributed by atoms with Crippen molar-refractivity contribution < 1.29 is 5.11 Å². The highest BCUT2D eigenvalue weighted by Gasteiger charge is 2.10. The third-order valence-corrected chi connectivity index (χ3v) is 3.99. The highest BCUT2D eigenvalue weighted by atomic mass is 35.5. The average Bonchev–Trinajstić information content (AvgIpc) is 2.89. The van der Waals surface area contributed by atoms with Crippen molar-refractivity contribution in [2.45, 2.75) is 6.92 Å². The standard InChI is InChI=1S/C14H8ClN5OS/c1-7-8(6-16)4-10-13(17-7)20-22-14(10)19-18-9-2-3-12(21)11(15)5-9/h2-5,21H,1H3. The van der Waals surface area contributed by atoms with Gasteiger partial charge in [0.05, 0.1) is 27.4 Å². The molecule has 0 aliphatic heterocycles. The molecule has 108 valence electrons. The molecule has 2 heterocycles. The lowest BCUT2D eigenvalue weighted by atomic mass is 10.2. The summed E-state index contributed by atoms with van der Waals surface area (Å²) in [5.74, 6) is -0.0119. The number of phenolic OH excluding ortho intramolecular Hbond substituents is 1. The van der Waals surface area contributed by atoms with Crippen molar-refractivity contribution in [1.82, 2.24) is 9.36 Å². The van der Waals surface area contributed by atoms with E-state index in [0.717, 1.165) is 11.5 Å². The molecule has 0 fully saturated rings. The molecule has 0 saturated heterocycles. The van der Waals surface area contributed by atoms with Gasteiger partial charge >= 0.3 is 0 Å².